The summed E-state index contributed by atoms with van der Waals surface area (Å²) in [5.74, 6) is 0.641. The van der Waals surface area contributed by atoms with Crippen LogP contribution in [0.3, 0.4) is 0 Å². The first kappa shape index (κ1) is 13.9. The topological polar surface area (TPSA) is 25.2 Å². The van der Waals surface area contributed by atoms with Crippen molar-refractivity contribution < 1.29 is 0 Å². The monoisotopic (exact) mass is 298 g/mol. The molecular formula is C21H18N2. The van der Waals surface area contributed by atoms with Crippen molar-refractivity contribution in [3.05, 3.63) is 95.8 Å². The summed E-state index contributed by atoms with van der Waals surface area (Å²) in [5.41, 5.74) is 5.41. The first-order valence-electron chi connectivity index (χ1n) is 8.05. The van der Waals surface area contributed by atoms with Gasteiger partial charge in [0.25, 0.3) is 0 Å². The number of pyridine rings is 1. The molecule has 0 radical (unpaired) electrons. The molecule has 0 bridgehead atoms. The van der Waals surface area contributed by atoms with E-state index < -0.39 is 0 Å². The number of benzene rings is 2. The summed E-state index contributed by atoms with van der Waals surface area (Å²) in [6.45, 7) is 0. The largest absolute Gasteiger partial charge is 0.261 e. The Hall–Kier alpha value is -2.74. The molecule has 2 nitrogen and oxygen atoms in total. The molecule has 112 valence electrons. The van der Waals surface area contributed by atoms with Gasteiger partial charge in [0.1, 0.15) is 0 Å². The number of hydrogen-bond acceptors (Lipinski definition) is 2. The van der Waals surface area contributed by atoms with Crippen LogP contribution in [0.2, 0.25) is 0 Å². The predicted molar refractivity (Wildman–Crippen MR) is 94.4 cm³/mol. The van der Waals surface area contributed by atoms with Crippen LogP contribution in [-0.4, -0.2) is 10.7 Å². The molecule has 23 heavy (non-hydrogen) atoms. The van der Waals surface area contributed by atoms with Gasteiger partial charge in [-0.15, -0.1) is 0 Å². The molecule has 0 saturated heterocycles. The lowest BCUT2D eigenvalue weighted by Gasteiger charge is -2.08. The van der Waals surface area contributed by atoms with Crippen LogP contribution in [0, 0.1) is 0 Å². The average molecular weight is 298 g/mol. The van der Waals surface area contributed by atoms with Gasteiger partial charge in [0, 0.05) is 28.9 Å². The molecule has 1 aliphatic rings. The van der Waals surface area contributed by atoms with Gasteiger partial charge in [-0.1, -0.05) is 60.7 Å². The predicted octanol–water partition coefficient (Wildman–Crippen LogP) is 5.13. The van der Waals surface area contributed by atoms with Gasteiger partial charge >= 0.3 is 0 Å². The van der Waals surface area contributed by atoms with E-state index in [9.17, 15) is 0 Å². The molecule has 1 saturated carbocycles. The molecule has 3 aromatic rings. The highest BCUT2D eigenvalue weighted by molar-refractivity contribution is 6.13. The minimum Gasteiger partial charge on any atom is -0.261 e. The zero-order valence-corrected chi connectivity index (χ0v) is 12.9. The van der Waals surface area contributed by atoms with E-state index in [0.717, 1.165) is 22.5 Å². The number of hydrogen-bond donors (Lipinski definition) is 0. The van der Waals surface area contributed by atoms with Crippen LogP contribution in [-0.2, 0) is 0 Å². The summed E-state index contributed by atoms with van der Waals surface area (Å²) in [4.78, 5) is 9.43. The molecule has 0 atom stereocenters. The van der Waals surface area contributed by atoms with Crippen LogP contribution in [0.4, 0.5) is 5.69 Å². The van der Waals surface area contributed by atoms with Crippen molar-refractivity contribution in [2.24, 2.45) is 4.99 Å². The lowest BCUT2D eigenvalue weighted by molar-refractivity contribution is 1.02. The Labute approximate surface area is 136 Å². The van der Waals surface area contributed by atoms with Crippen molar-refractivity contribution in [1.29, 1.82) is 0 Å². The highest BCUT2D eigenvalue weighted by Gasteiger charge is 2.24. The molecule has 0 aliphatic heterocycles. The van der Waals surface area contributed by atoms with Crippen molar-refractivity contribution in [2.45, 2.75) is 18.8 Å². The van der Waals surface area contributed by atoms with Gasteiger partial charge in [-0.2, -0.15) is 0 Å². The van der Waals surface area contributed by atoms with Gasteiger partial charge in [-0.05, 0) is 25.0 Å². The van der Waals surface area contributed by atoms with E-state index in [-0.39, 0.29) is 0 Å². The summed E-state index contributed by atoms with van der Waals surface area (Å²) < 4.78 is 0. The average Bonchev–Trinajstić information content (AvgIpc) is 3.47. The SMILES string of the molecule is c1ccc(C(=Nc2ccnc(C3CC3)c2)c2ccccc2)cc1. The molecule has 1 fully saturated rings. The summed E-state index contributed by atoms with van der Waals surface area (Å²) in [6, 6.07) is 24.8. The van der Waals surface area contributed by atoms with E-state index in [2.05, 4.69) is 59.6 Å². The Morgan fingerprint density at radius 1 is 0.826 bits per heavy atom. The second-order valence-corrected chi connectivity index (χ2v) is 5.91. The van der Waals surface area contributed by atoms with Crippen molar-refractivity contribution in [1.82, 2.24) is 4.98 Å². The molecule has 2 heteroatoms. The molecular weight excluding hydrogens is 280 g/mol. The van der Waals surface area contributed by atoms with E-state index in [1.54, 1.807) is 0 Å². The number of aromatic nitrogens is 1. The Morgan fingerprint density at radius 2 is 1.43 bits per heavy atom. The fraction of sp³-hybridized carbons (Fsp3) is 0.143. The molecule has 0 spiro atoms. The third-order valence-electron chi connectivity index (χ3n) is 4.10. The van der Waals surface area contributed by atoms with E-state index in [0.29, 0.717) is 5.92 Å². The van der Waals surface area contributed by atoms with Crippen LogP contribution in [0.5, 0.6) is 0 Å². The normalized spacial score (nSPS) is 13.6. The minimum absolute atomic E-state index is 0.641. The summed E-state index contributed by atoms with van der Waals surface area (Å²) in [5, 5.41) is 0. The molecule has 4 rings (SSSR count). The highest BCUT2D eigenvalue weighted by atomic mass is 14.8. The van der Waals surface area contributed by atoms with E-state index in [1.165, 1.54) is 18.5 Å². The molecule has 2 aromatic carbocycles. The molecule has 0 N–H and O–H groups in total. The summed E-state index contributed by atoms with van der Waals surface area (Å²) in [7, 11) is 0. The van der Waals surface area contributed by atoms with Crippen LogP contribution in [0.25, 0.3) is 0 Å². The molecule has 1 aromatic heterocycles. The zero-order valence-electron chi connectivity index (χ0n) is 12.9. The Bertz CT molecular complexity index is 777. The van der Waals surface area contributed by atoms with Crippen LogP contribution in [0.15, 0.2) is 84.0 Å². The zero-order chi connectivity index (χ0) is 15.5. The Kier molecular flexibility index (Phi) is 3.73. The van der Waals surface area contributed by atoms with Crippen LogP contribution in [0.1, 0.15) is 35.6 Å². The van der Waals surface area contributed by atoms with Crippen LogP contribution >= 0.6 is 0 Å². The second kappa shape index (κ2) is 6.17. The lowest BCUT2D eigenvalue weighted by atomic mass is 10.0. The molecule has 1 heterocycles. The van der Waals surface area contributed by atoms with Crippen molar-refractivity contribution >= 4 is 11.4 Å². The standard InChI is InChI=1S/C21H18N2/c1-3-7-17(8-4-1)21(18-9-5-2-6-10-18)23-19-13-14-22-20(15-19)16-11-12-16/h1-10,13-16H,11-12H2. The smallest absolute Gasteiger partial charge is 0.0781 e. The maximum atomic E-state index is 4.95. The van der Waals surface area contributed by atoms with Gasteiger partial charge in [0.2, 0.25) is 0 Å². The first-order valence-corrected chi connectivity index (χ1v) is 8.05. The number of nitrogens with zero attached hydrogens (tertiary/aromatic N) is 2. The van der Waals surface area contributed by atoms with Crippen molar-refractivity contribution in [3.63, 3.8) is 0 Å². The van der Waals surface area contributed by atoms with E-state index >= 15 is 0 Å². The minimum atomic E-state index is 0.641. The Morgan fingerprint density at radius 3 is 2.00 bits per heavy atom. The van der Waals surface area contributed by atoms with E-state index in [4.69, 9.17) is 4.99 Å². The van der Waals surface area contributed by atoms with Crippen LogP contribution < -0.4 is 0 Å². The van der Waals surface area contributed by atoms with Crippen molar-refractivity contribution in [3.8, 4) is 0 Å². The molecule has 0 unspecified atom stereocenters. The first-order chi connectivity index (χ1) is 11.4. The highest BCUT2D eigenvalue weighted by Crippen LogP contribution is 2.39. The van der Waals surface area contributed by atoms with Gasteiger partial charge < -0.3 is 0 Å². The number of aliphatic imine (C=N–C) groups is 1. The third kappa shape index (κ3) is 3.21. The maximum absolute atomic E-state index is 4.95. The Balaban J connectivity index is 1.80. The van der Waals surface area contributed by atoms with Gasteiger partial charge in [-0.3, -0.25) is 4.98 Å². The molecule has 0 amide bonds. The lowest BCUT2D eigenvalue weighted by Crippen LogP contribution is -2.02. The van der Waals surface area contributed by atoms with Gasteiger partial charge in [0.05, 0.1) is 11.4 Å². The fourth-order valence-electron chi connectivity index (χ4n) is 2.73. The van der Waals surface area contributed by atoms with Gasteiger partial charge in [0.15, 0.2) is 0 Å². The second-order valence-electron chi connectivity index (χ2n) is 5.91. The number of rotatable bonds is 4. The van der Waals surface area contributed by atoms with Gasteiger partial charge in [-0.25, -0.2) is 4.99 Å². The summed E-state index contributed by atoms with van der Waals surface area (Å²) in [6.07, 6.45) is 4.38. The summed E-state index contributed by atoms with van der Waals surface area (Å²) >= 11 is 0. The molecule has 1 aliphatic carbocycles. The fourth-order valence-corrected chi connectivity index (χ4v) is 2.73. The van der Waals surface area contributed by atoms with Crippen molar-refractivity contribution in [2.75, 3.05) is 0 Å². The maximum Gasteiger partial charge on any atom is 0.0781 e. The van der Waals surface area contributed by atoms with E-state index in [1.807, 2.05) is 24.4 Å². The quantitative estimate of drug-likeness (QED) is 0.613. The third-order valence-corrected chi connectivity index (χ3v) is 4.10.